The number of hydrogen-bond acceptors (Lipinski definition) is 2. The van der Waals surface area contributed by atoms with E-state index in [9.17, 15) is 0 Å². The van der Waals surface area contributed by atoms with Crippen LogP contribution in [0.15, 0.2) is 0 Å². The predicted molar refractivity (Wildman–Crippen MR) is 86.0 cm³/mol. The Morgan fingerprint density at radius 1 is 1.00 bits per heavy atom. The summed E-state index contributed by atoms with van der Waals surface area (Å²) in [5.41, 5.74) is 0.628. The molecule has 0 bridgehead atoms. The summed E-state index contributed by atoms with van der Waals surface area (Å²) in [5.74, 6) is 0.723. The van der Waals surface area contributed by atoms with Gasteiger partial charge in [0, 0.05) is 19.1 Å². The normalized spacial score (nSPS) is 25.2. The van der Waals surface area contributed by atoms with Crippen LogP contribution in [0.3, 0.4) is 0 Å². The Kier molecular flexibility index (Phi) is 4.30. The highest BCUT2D eigenvalue weighted by Crippen LogP contribution is 2.49. The fourth-order valence-electron chi connectivity index (χ4n) is 4.29. The van der Waals surface area contributed by atoms with Crippen LogP contribution in [0.4, 0.5) is 0 Å². The molecule has 0 aromatic heterocycles. The van der Waals surface area contributed by atoms with Gasteiger partial charge >= 0.3 is 0 Å². The maximum absolute atomic E-state index is 6.33. The Morgan fingerprint density at radius 2 is 1.50 bits per heavy atom. The Bertz CT molecular complexity index is 324. The first-order valence-corrected chi connectivity index (χ1v) is 8.47. The molecule has 1 aliphatic heterocycles. The van der Waals surface area contributed by atoms with Gasteiger partial charge in [-0.1, -0.05) is 0 Å². The summed E-state index contributed by atoms with van der Waals surface area (Å²) in [6, 6.07) is 0.721. The zero-order valence-electron chi connectivity index (χ0n) is 14.8. The van der Waals surface area contributed by atoms with Crippen molar-refractivity contribution in [3.63, 3.8) is 0 Å². The standard InChI is InChI=1S/C18H35NO/c1-14(2)19-12-18(13-19)10-8-15(9-11-18)17(6,7)20-16(3,4)5/h14-15H,8-13H2,1-7H3. The second-order valence-corrected chi connectivity index (χ2v) is 9.09. The lowest BCUT2D eigenvalue weighted by molar-refractivity contribution is -0.159. The summed E-state index contributed by atoms with van der Waals surface area (Å²) in [6.45, 7) is 18.4. The van der Waals surface area contributed by atoms with Gasteiger partial charge < -0.3 is 4.74 Å². The third kappa shape index (κ3) is 3.57. The molecule has 0 unspecified atom stereocenters. The highest BCUT2D eigenvalue weighted by atomic mass is 16.5. The van der Waals surface area contributed by atoms with Crippen molar-refractivity contribution in [1.82, 2.24) is 4.90 Å². The average molecular weight is 281 g/mol. The first-order chi connectivity index (χ1) is 9.03. The van der Waals surface area contributed by atoms with Crippen molar-refractivity contribution in [3.8, 4) is 0 Å². The van der Waals surface area contributed by atoms with E-state index in [4.69, 9.17) is 4.74 Å². The molecule has 118 valence electrons. The van der Waals surface area contributed by atoms with Crippen molar-refractivity contribution < 1.29 is 4.74 Å². The second-order valence-electron chi connectivity index (χ2n) is 9.09. The van der Waals surface area contributed by atoms with Gasteiger partial charge in [0.05, 0.1) is 11.2 Å². The molecule has 0 N–H and O–H groups in total. The van der Waals surface area contributed by atoms with E-state index in [2.05, 4.69) is 53.4 Å². The molecule has 2 aliphatic rings. The SMILES string of the molecule is CC(C)N1CC2(CCC(C(C)(C)OC(C)(C)C)CC2)C1. The second kappa shape index (κ2) is 5.28. The molecule has 0 amide bonds. The summed E-state index contributed by atoms with van der Waals surface area (Å²) < 4.78 is 6.33. The van der Waals surface area contributed by atoms with Crippen molar-refractivity contribution >= 4 is 0 Å². The molecule has 1 spiro atoms. The van der Waals surface area contributed by atoms with Crippen molar-refractivity contribution in [2.75, 3.05) is 13.1 Å². The van der Waals surface area contributed by atoms with Crippen LogP contribution in [0.5, 0.6) is 0 Å². The summed E-state index contributed by atoms with van der Waals surface area (Å²) in [5, 5.41) is 0. The summed E-state index contributed by atoms with van der Waals surface area (Å²) in [7, 11) is 0. The van der Waals surface area contributed by atoms with Crippen molar-refractivity contribution in [2.24, 2.45) is 11.3 Å². The van der Waals surface area contributed by atoms with Gasteiger partial charge in [-0.15, -0.1) is 0 Å². The van der Waals surface area contributed by atoms with Crippen molar-refractivity contribution in [1.29, 1.82) is 0 Å². The van der Waals surface area contributed by atoms with Crippen LogP contribution in [0.1, 0.15) is 74.1 Å². The molecule has 2 heteroatoms. The van der Waals surface area contributed by atoms with Gasteiger partial charge in [0.1, 0.15) is 0 Å². The molecule has 0 aromatic carbocycles. The van der Waals surface area contributed by atoms with Gasteiger partial charge in [0.2, 0.25) is 0 Å². The van der Waals surface area contributed by atoms with Crippen molar-refractivity contribution in [2.45, 2.75) is 91.4 Å². The Balaban J connectivity index is 1.86. The number of rotatable bonds is 3. The predicted octanol–water partition coefficient (Wildman–Crippen LogP) is 4.48. The minimum absolute atomic E-state index is 0.0152. The highest BCUT2D eigenvalue weighted by molar-refractivity contribution is 5.00. The maximum atomic E-state index is 6.33. The Hall–Kier alpha value is -0.0800. The first kappa shape index (κ1) is 16.3. The summed E-state index contributed by atoms with van der Waals surface area (Å²) in [6.07, 6.45) is 5.49. The fraction of sp³-hybridized carbons (Fsp3) is 1.00. The van der Waals surface area contributed by atoms with Gasteiger partial charge in [0.25, 0.3) is 0 Å². The van der Waals surface area contributed by atoms with Gasteiger partial charge in [-0.25, -0.2) is 0 Å². The van der Waals surface area contributed by atoms with E-state index in [-0.39, 0.29) is 11.2 Å². The quantitative estimate of drug-likeness (QED) is 0.756. The van der Waals surface area contributed by atoms with E-state index in [0.29, 0.717) is 5.41 Å². The molecule has 2 nitrogen and oxygen atoms in total. The van der Waals surface area contributed by atoms with Crippen molar-refractivity contribution in [3.05, 3.63) is 0 Å². The molecule has 1 saturated heterocycles. The monoisotopic (exact) mass is 281 g/mol. The lowest BCUT2D eigenvalue weighted by atomic mass is 9.63. The minimum Gasteiger partial charge on any atom is -0.370 e. The van der Waals surface area contributed by atoms with Crippen LogP contribution < -0.4 is 0 Å². The highest BCUT2D eigenvalue weighted by Gasteiger charge is 2.48. The molecular weight excluding hydrogens is 246 g/mol. The largest absolute Gasteiger partial charge is 0.370 e. The molecule has 1 aliphatic carbocycles. The van der Waals surface area contributed by atoms with Gasteiger partial charge in [-0.3, -0.25) is 4.90 Å². The lowest BCUT2D eigenvalue weighted by Gasteiger charge is -2.56. The van der Waals surface area contributed by atoms with Crippen LogP contribution in [0, 0.1) is 11.3 Å². The number of ether oxygens (including phenoxy) is 1. The number of hydrogen-bond donors (Lipinski definition) is 0. The van der Waals surface area contributed by atoms with Crippen LogP contribution >= 0.6 is 0 Å². The molecule has 1 heterocycles. The van der Waals surface area contributed by atoms with Gasteiger partial charge in [-0.05, 0) is 85.5 Å². The minimum atomic E-state index is -0.0381. The maximum Gasteiger partial charge on any atom is 0.0661 e. The van der Waals surface area contributed by atoms with Crippen LogP contribution in [0.25, 0.3) is 0 Å². The molecule has 0 aromatic rings. The van der Waals surface area contributed by atoms with E-state index < -0.39 is 0 Å². The summed E-state index contributed by atoms with van der Waals surface area (Å²) >= 11 is 0. The summed E-state index contributed by atoms with van der Waals surface area (Å²) in [4.78, 5) is 2.62. The lowest BCUT2D eigenvalue weighted by Crippen LogP contribution is -2.60. The average Bonchev–Trinajstić information content (AvgIpc) is 2.22. The van der Waals surface area contributed by atoms with Gasteiger partial charge in [-0.2, -0.15) is 0 Å². The third-order valence-electron chi connectivity index (χ3n) is 5.41. The molecule has 0 atom stereocenters. The smallest absolute Gasteiger partial charge is 0.0661 e. The van der Waals surface area contributed by atoms with E-state index >= 15 is 0 Å². The first-order valence-electron chi connectivity index (χ1n) is 8.47. The zero-order chi connectivity index (χ0) is 15.2. The topological polar surface area (TPSA) is 12.5 Å². The van der Waals surface area contributed by atoms with Crippen LogP contribution in [0.2, 0.25) is 0 Å². The van der Waals surface area contributed by atoms with E-state index in [1.54, 1.807) is 0 Å². The molecule has 20 heavy (non-hydrogen) atoms. The van der Waals surface area contributed by atoms with E-state index in [1.807, 2.05) is 0 Å². The van der Waals surface area contributed by atoms with E-state index in [0.717, 1.165) is 12.0 Å². The molecule has 2 rings (SSSR count). The van der Waals surface area contributed by atoms with E-state index in [1.165, 1.54) is 38.8 Å². The molecular formula is C18H35NO. The fourth-order valence-corrected chi connectivity index (χ4v) is 4.29. The molecule has 0 radical (unpaired) electrons. The van der Waals surface area contributed by atoms with Crippen LogP contribution in [-0.4, -0.2) is 35.2 Å². The Morgan fingerprint density at radius 3 is 1.90 bits per heavy atom. The van der Waals surface area contributed by atoms with Gasteiger partial charge in [0.15, 0.2) is 0 Å². The Labute approximate surface area is 126 Å². The molecule has 1 saturated carbocycles. The third-order valence-corrected chi connectivity index (χ3v) is 5.41. The molecule has 2 fully saturated rings. The van der Waals surface area contributed by atoms with Crippen LogP contribution in [-0.2, 0) is 4.74 Å². The number of likely N-dealkylation sites (tertiary alicyclic amines) is 1. The zero-order valence-corrected chi connectivity index (χ0v) is 14.8. The number of nitrogens with zero attached hydrogens (tertiary/aromatic N) is 1.